The fraction of sp³-hybridized carbons (Fsp3) is 0.600. The largest absolute Gasteiger partial charge is 0.378 e. The van der Waals surface area contributed by atoms with Gasteiger partial charge in [0.2, 0.25) is 11.8 Å². The Labute approximate surface area is 109 Å². The second-order valence-electron chi connectivity index (χ2n) is 4.14. The van der Waals surface area contributed by atoms with Gasteiger partial charge in [-0.05, 0) is 19.1 Å². The molecule has 0 radical (unpaired) electrons. The van der Waals surface area contributed by atoms with E-state index in [1.165, 1.54) is 6.20 Å². The maximum atomic E-state index is 10.7. The summed E-state index contributed by atoms with van der Waals surface area (Å²) in [7, 11) is 0. The van der Waals surface area contributed by atoms with Crippen molar-refractivity contribution in [1.82, 2.24) is 9.97 Å². The monoisotopic (exact) mass is 269 g/mol. The molecule has 0 spiro atoms. The van der Waals surface area contributed by atoms with E-state index in [1.54, 1.807) is 0 Å². The van der Waals surface area contributed by atoms with Crippen molar-refractivity contribution in [3.63, 3.8) is 0 Å². The third-order valence-corrected chi connectivity index (χ3v) is 3.92. The van der Waals surface area contributed by atoms with Crippen molar-refractivity contribution in [2.75, 3.05) is 28.7 Å². The van der Waals surface area contributed by atoms with E-state index in [1.807, 2.05) is 11.8 Å². The van der Waals surface area contributed by atoms with Crippen molar-refractivity contribution in [2.24, 2.45) is 0 Å². The van der Waals surface area contributed by atoms with Gasteiger partial charge in [-0.1, -0.05) is 0 Å². The van der Waals surface area contributed by atoms with Crippen LogP contribution in [0.2, 0.25) is 0 Å². The molecule has 18 heavy (non-hydrogen) atoms. The molecule has 1 aliphatic heterocycles. The van der Waals surface area contributed by atoms with Crippen LogP contribution in [-0.4, -0.2) is 39.0 Å². The Hall–Kier alpha value is -1.57. The van der Waals surface area contributed by atoms with E-state index in [0.29, 0.717) is 12.0 Å². The zero-order valence-electron chi connectivity index (χ0n) is 10.1. The van der Waals surface area contributed by atoms with E-state index in [4.69, 9.17) is 5.73 Å². The maximum Gasteiger partial charge on any atom is 0.329 e. The van der Waals surface area contributed by atoms with E-state index < -0.39 is 4.92 Å². The Morgan fingerprint density at radius 2 is 2.39 bits per heavy atom. The number of anilines is 2. The number of thioether (sulfide) groups is 1. The molecule has 1 aliphatic rings. The van der Waals surface area contributed by atoms with E-state index in [-0.39, 0.29) is 11.5 Å². The van der Waals surface area contributed by atoms with Crippen molar-refractivity contribution in [3.05, 3.63) is 16.3 Å². The quantitative estimate of drug-likeness (QED) is 0.638. The molecule has 2 N–H and O–H groups in total. The topological polar surface area (TPSA) is 98.2 Å². The Kier molecular flexibility index (Phi) is 3.85. The van der Waals surface area contributed by atoms with Gasteiger partial charge in [-0.25, -0.2) is 4.98 Å². The van der Waals surface area contributed by atoms with Gasteiger partial charge in [0.15, 0.2) is 0 Å². The van der Waals surface area contributed by atoms with Gasteiger partial charge in [-0.2, -0.15) is 16.7 Å². The van der Waals surface area contributed by atoms with Crippen LogP contribution in [0.15, 0.2) is 6.20 Å². The predicted molar refractivity (Wildman–Crippen MR) is 71.8 cm³/mol. The average molecular weight is 269 g/mol. The second kappa shape index (κ2) is 5.38. The minimum absolute atomic E-state index is 0.0749. The first-order valence-corrected chi connectivity index (χ1v) is 6.86. The smallest absolute Gasteiger partial charge is 0.329 e. The molecule has 7 nitrogen and oxygen atoms in total. The van der Waals surface area contributed by atoms with E-state index in [2.05, 4.69) is 21.8 Å². The molecule has 1 saturated heterocycles. The molecular formula is C10H15N5O2S. The van der Waals surface area contributed by atoms with E-state index >= 15 is 0 Å². The molecule has 0 bridgehead atoms. The van der Waals surface area contributed by atoms with Crippen LogP contribution in [0.3, 0.4) is 0 Å². The molecule has 0 aliphatic carbocycles. The highest BCUT2D eigenvalue weighted by Gasteiger charge is 2.22. The summed E-state index contributed by atoms with van der Waals surface area (Å²) in [4.78, 5) is 20.3. The van der Waals surface area contributed by atoms with Gasteiger partial charge in [-0.15, -0.1) is 0 Å². The normalized spacial score (nSPS) is 20.5. The number of hydrogen-bond donors (Lipinski definition) is 1. The highest BCUT2D eigenvalue weighted by atomic mass is 32.2. The van der Waals surface area contributed by atoms with Gasteiger partial charge in [0.05, 0.1) is 4.92 Å². The van der Waals surface area contributed by atoms with Crippen molar-refractivity contribution in [1.29, 1.82) is 0 Å². The fourth-order valence-corrected chi connectivity index (χ4v) is 2.89. The van der Waals surface area contributed by atoms with Crippen molar-refractivity contribution >= 4 is 29.2 Å². The Morgan fingerprint density at radius 1 is 1.61 bits per heavy atom. The molecule has 0 saturated carbocycles. The SMILES string of the molecule is CC1CCSCCN1c1ncc([N+](=O)[O-])c(N)n1. The van der Waals surface area contributed by atoms with Gasteiger partial charge >= 0.3 is 5.69 Å². The maximum absolute atomic E-state index is 10.7. The number of nitro groups is 1. The Morgan fingerprint density at radius 3 is 3.06 bits per heavy atom. The average Bonchev–Trinajstić information content (AvgIpc) is 2.53. The summed E-state index contributed by atoms with van der Waals surface area (Å²) in [6.45, 7) is 2.94. The molecule has 1 atom stereocenters. The summed E-state index contributed by atoms with van der Waals surface area (Å²) in [6.07, 6.45) is 2.23. The lowest BCUT2D eigenvalue weighted by Gasteiger charge is -2.26. The van der Waals surface area contributed by atoms with Crippen LogP contribution in [0, 0.1) is 10.1 Å². The standard InChI is InChI=1S/C10H15N5O2S/c1-7-2-4-18-5-3-14(7)10-12-6-8(15(16)17)9(11)13-10/h6-7H,2-5H2,1H3,(H2,11,12,13). The summed E-state index contributed by atoms with van der Waals surface area (Å²) < 4.78 is 0. The summed E-state index contributed by atoms with van der Waals surface area (Å²) in [5, 5.41) is 10.7. The molecule has 8 heteroatoms. The summed E-state index contributed by atoms with van der Waals surface area (Å²) in [5.74, 6) is 2.52. The lowest BCUT2D eigenvalue weighted by Crippen LogP contribution is -2.35. The number of rotatable bonds is 2. The first-order chi connectivity index (χ1) is 8.59. The molecule has 0 aromatic carbocycles. The van der Waals surface area contributed by atoms with Crippen LogP contribution >= 0.6 is 11.8 Å². The highest BCUT2D eigenvalue weighted by molar-refractivity contribution is 7.99. The first-order valence-electron chi connectivity index (χ1n) is 5.71. The molecule has 1 aromatic heterocycles. The molecule has 1 aromatic rings. The Bertz CT molecular complexity index is 456. The second-order valence-corrected chi connectivity index (χ2v) is 5.37. The number of hydrogen-bond acceptors (Lipinski definition) is 7. The molecule has 2 heterocycles. The summed E-state index contributed by atoms with van der Waals surface area (Å²) in [5.41, 5.74) is 5.35. The molecular weight excluding hydrogens is 254 g/mol. The third kappa shape index (κ3) is 2.63. The number of nitrogens with two attached hydrogens (primary N) is 1. The predicted octanol–water partition coefficient (Wildman–Crippen LogP) is 1.30. The van der Waals surface area contributed by atoms with Gasteiger partial charge in [0.1, 0.15) is 6.20 Å². The van der Waals surface area contributed by atoms with Gasteiger partial charge in [0, 0.05) is 18.3 Å². The minimum Gasteiger partial charge on any atom is -0.378 e. The lowest BCUT2D eigenvalue weighted by molar-refractivity contribution is -0.384. The van der Waals surface area contributed by atoms with E-state index in [9.17, 15) is 10.1 Å². The minimum atomic E-state index is -0.569. The van der Waals surface area contributed by atoms with Crippen molar-refractivity contribution in [2.45, 2.75) is 19.4 Å². The molecule has 0 amide bonds. The number of nitrogens with zero attached hydrogens (tertiary/aromatic N) is 4. The Balaban J connectivity index is 2.27. The summed E-state index contributed by atoms with van der Waals surface area (Å²) in [6, 6.07) is 0.320. The molecule has 98 valence electrons. The van der Waals surface area contributed by atoms with Crippen molar-refractivity contribution in [3.8, 4) is 0 Å². The van der Waals surface area contributed by atoms with Crippen LogP contribution in [0.4, 0.5) is 17.5 Å². The number of nitrogen functional groups attached to an aromatic ring is 1. The van der Waals surface area contributed by atoms with Crippen LogP contribution in [-0.2, 0) is 0 Å². The van der Waals surface area contributed by atoms with Crippen molar-refractivity contribution < 1.29 is 4.92 Å². The molecule has 1 unspecified atom stereocenters. The lowest BCUT2D eigenvalue weighted by atomic mass is 10.2. The zero-order valence-corrected chi connectivity index (χ0v) is 10.9. The van der Waals surface area contributed by atoms with Gasteiger partial charge in [-0.3, -0.25) is 10.1 Å². The van der Waals surface area contributed by atoms with Crippen LogP contribution in [0.5, 0.6) is 0 Å². The molecule has 2 rings (SSSR count). The summed E-state index contributed by atoms with van der Waals surface area (Å²) >= 11 is 1.89. The van der Waals surface area contributed by atoms with Gasteiger partial charge < -0.3 is 10.6 Å². The first kappa shape index (κ1) is 12.9. The highest BCUT2D eigenvalue weighted by Crippen LogP contribution is 2.24. The van der Waals surface area contributed by atoms with E-state index in [0.717, 1.165) is 24.5 Å². The van der Waals surface area contributed by atoms with Gasteiger partial charge in [0.25, 0.3) is 0 Å². The van der Waals surface area contributed by atoms with Crippen LogP contribution < -0.4 is 10.6 Å². The number of aromatic nitrogens is 2. The zero-order chi connectivity index (χ0) is 13.1. The third-order valence-electron chi connectivity index (χ3n) is 2.93. The molecule has 1 fully saturated rings. The fourth-order valence-electron chi connectivity index (χ4n) is 1.85. The van der Waals surface area contributed by atoms with Crippen LogP contribution in [0.1, 0.15) is 13.3 Å². The van der Waals surface area contributed by atoms with Crippen LogP contribution in [0.25, 0.3) is 0 Å².